The highest BCUT2D eigenvalue weighted by molar-refractivity contribution is 7.99. The summed E-state index contributed by atoms with van der Waals surface area (Å²) in [5, 5.41) is 0. The lowest BCUT2D eigenvalue weighted by Gasteiger charge is -2.17. The summed E-state index contributed by atoms with van der Waals surface area (Å²) in [6, 6.07) is 0. The SMILES string of the molecule is CCCOC(=O)CSCC(C(=O)OC)C(F)(F)F. The summed E-state index contributed by atoms with van der Waals surface area (Å²) >= 11 is 0.695. The van der Waals surface area contributed by atoms with E-state index in [9.17, 15) is 22.8 Å². The van der Waals surface area contributed by atoms with Crippen molar-refractivity contribution in [2.75, 3.05) is 25.2 Å². The van der Waals surface area contributed by atoms with Gasteiger partial charge in [-0.2, -0.15) is 13.2 Å². The zero-order valence-corrected chi connectivity index (χ0v) is 10.9. The van der Waals surface area contributed by atoms with Crippen molar-refractivity contribution in [3.05, 3.63) is 0 Å². The van der Waals surface area contributed by atoms with Gasteiger partial charge >= 0.3 is 18.1 Å². The lowest BCUT2D eigenvalue weighted by Crippen LogP contribution is -2.34. The highest BCUT2D eigenvalue weighted by Crippen LogP contribution is 2.30. The van der Waals surface area contributed by atoms with Crippen LogP contribution in [0.3, 0.4) is 0 Å². The Labute approximate surface area is 107 Å². The van der Waals surface area contributed by atoms with Gasteiger partial charge in [-0.1, -0.05) is 6.92 Å². The molecule has 1 atom stereocenters. The maximum absolute atomic E-state index is 12.5. The summed E-state index contributed by atoms with van der Waals surface area (Å²) in [7, 11) is 0.890. The number of hydrogen-bond donors (Lipinski definition) is 0. The third-order valence-corrected chi connectivity index (χ3v) is 2.86. The molecule has 0 aliphatic heterocycles. The molecule has 0 bridgehead atoms. The van der Waals surface area contributed by atoms with E-state index in [1.165, 1.54) is 0 Å². The first-order valence-corrected chi connectivity index (χ1v) is 6.36. The Morgan fingerprint density at radius 2 is 1.94 bits per heavy atom. The number of methoxy groups -OCH3 is 1. The van der Waals surface area contributed by atoms with Crippen molar-refractivity contribution in [2.45, 2.75) is 19.5 Å². The quantitative estimate of drug-likeness (QED) is 0.671. The number of alkyl halides is 3. The molecule has 0 saturated carbocycles. The van der Waals surface area contributed by atoms with Gasteiger partial charge in [-0.15, -0.1) is 11.8 Å². The maximum Gasteiger partial charge on any atom is 0.403 e. The molecule has 0 aromatic carbocycles. The Balaban J connectivity index is 4.13. The molecule has 4 nitrogen and oxygen atoms in total. The first-order valence-electron chi connectivity index (χ1n) is 5.20. The van der Waals surface area contributed by atoms with Crippen LogP contribution in [0.25, 0.3) is 0 Å². The van der Waals surface area contributed by atoms with E-state index < -0.39 is 29.8 Å². The fourth-order valence-corrected chi connectivity index (χ4v) is 1.88. The number of ether oxygens (including phenoxy) is 2. The minimum Gasteiger partial charge on any atom is -0.469 e. The van der Waals surface area contributed by atoms with Crippen LogP contribution in [-0.4, -0.2) is 43.3 Å². The van der Waals surface area contributed by atoms with Crippen LogP contribution in [0, 0.1) is 5.92 Å². The molecule has 0 saturated heterocycles. The summed E-state index contributed by atoms with van der Waals surface area (Å²) in [6.45, 7) is 2.04. The average molecular weight is 288 g/mol. The first-order chi connectivity index (χ1) is 8.32. The standard InChI is InChI=1S/C10H15F3O4S/c1-3-4-17-8(14)6-18-5-7(9(15)16-2)10(11,12)13/h7H,3-6H2,1-2H3. The van der Waals surface area contributed by atoms with E-state index in [1.807, 2.05) is 0 Å². The van der Waals surface area contributed by atoms with Gasteiger partial charge in [0.05, 0.1) is 19.5 Å². The van der Waals surface area contributed by atoms with Crippen molar-refractivity contribution in [1.29, 1.82) is 0 Å². The molecule has 0 radical (unpaired) electrons. The minimum atomic E-state index is -4.67. The molecular formula is C10H15F3O4S. The summed E-state index contributed by atoms with van der Waals surface area (Å²) in [5.41, 5.74) is 0. The van der Waals surface area contributed by atoms with Crippen molar-refractivity contribution < 1.29 is 32.2 Å². The number of hydrogen-bond acceptors (Lipinski definition) is 5. The molecule has 0 spiro atoms. The van der Waals surface area contributed by atoms with Crippen LogP contribution < -0.4 is 0 Å². The van der Waals surface area contributed by atoms with Gasteiger partial charge in [0.2, 0.25) is 0 Å². The topological polar surface area (TPSA) is 52.6 Å². The molecule has 0 fully saturated rings. The molecule has 0 aromatic heterocycles. The first kappa shape index (κ1) is 17.1. The zero-order valence-electron chi connectivity index (χ0n) is 10.1. The van der Waals surface area contributed by atoms with Gasteiger partial charge in [0, 0.05) is 5.75 Å². The van der Waals surface area contributed by atoms with Gasteiger partial charge in [0.25, 0.3) is 0 Å². The zero-order chi connectivity index (χ0) is 14.2. The molecule has 0 amide bonds. The Hall–Kier alpha value is -0.920. The van der Waals surface area contributed by atoms with Crippen molar-refractivity contribution >= 4 is 23.7 Å². The van der Waals surface area contributed by atoms with E-state index in [0.717, 1.165) is 7.11 Å². The molecule has 0 aromatic rings. The minimum absolute atomic E-state index is 0.219. The summed E-state index contributed by atoms with van der Waals surface area (Å²) in [5.74, 6) is -4.93. The van der Waals surface area contributed by atoms with Crippen LogP contribution in [0.15, 0.2) is 0 Å². The van der Waals surface area contributed by atoms with E-state index in [0.29, 0.717) is 18.2 Å². The monoisotopic (exact) mass is 288 g/mol. The van der Waals surface area contributed by atoms with Gasteiger partial charge in [-0.3, -0.25) is 9.59 Å². The van der Waals surface area contributed by atoms with E-state index in [4.69, 9.17) is 0 Å². The van der Waals surface area contributed by atoms with Gasteiger partial charge in [-0.05, 0) is 6.42 Å². The van der Waals surface area contributed by atoms with Gasteiger partial charge in [0.1, 0.15) is 0 Å². The van der Waals surface area contributed by atoms with Gasteiger partial charge in [0.15, 0.2) is 5.92 Å². The molecular weight excluding hydrogens is 273 g/mol. The molecule has 0 aliphatic carbocycles. The summed E-state index contributed by atoms with van der Waals surface area (Å²) in [6.07, 6.45) is -4.03. The van der Waals surface area contributed by atoms with Crippen LogP contribution in [0.2, 0.25) is 0 Å². The molecule has 0 heterocycles. The number of esters is 2. The van der Waals surface area contributed by atoms with Crippen molar-refractivity contribution in [3.63, 3.8) is 0 Å². The lowest BCUT2D eigenvalue weighted by atomic mass is 10.2. The lowest BCUT2D eigenvalue weighted by molar-refractivity contribution is -0.191. The fourth-order valence-electron chi connectivity index (χ4n) is 0.956. The Morgan fingerprint density at radius 1 is 1.33 bits per heavy atom. The van der Waals surface area contributed by atoms with E-state index >= 15 is 0 Å². The average Bonchev–Trinajstić information content (AvgIpc) is 2.29. The largest absolute Gasteiger partial charge is 0.469 e. The summed E-state index contributed by atoms with van der Waals surface area (Å²) < 4.78 is 46.1. The second kappa shape index (κ2) is 8.23. The molecule has 1 unspecified atom stereocenters. The summed E-state index contributed by atoms with van der Waals surface area (Å²) in [4.78, 5) is 22.0. The Morgan fingerprint density at radius 3 is 2.39 bits per heavy atom. The van der Waals surface area contributed by atoms with Crippen molar-refractivity contribution in [3.8, 4) is 0 Å². The number of halogens is 3. The van der Waals surface area contributed by atoms with E-state index in [-0.39, 0.29) is 12.4 Å². The predicted octanol–water partition coefficient (Wildman–Crippen LogP) is 2.02. The van der Waals surface area contributed by atoms with E-state index in [2.05, 4.69) is 9.47 Å². The maximum atomic E-state index is 12.5. The third kappa shape index (κ3) is 6.73. The van der Waals surface area contributed by atoms with Crippen molar-refractivity contribution in [2.24, 2.45) is 5.92 Å². The van der Waals surface area contributed by atoms with Gasteiger partial charge in [-0.25, -0.2) is 0 Å². The number of carbonyl (C=O) groups is 2. The molecule has 0 N–H and O–H groups in total. The number of rotatable bonds is 7. The molecule has 0 aliphatic rings. The second-order valence-electron chi connectivity index (χ2n) is 3.35. The third-order valence-electron chi connectivity index (χ3n) is 1.85. The number of carbonyl (C=O) groups excluding carboxylic acids is 2. The molecule has 8 heteroatoms. The van der Waals surface area contributed by atoms with Crippen molar-refractivity contribution in [1.82, 2.24) is 0 Å². The highest BCUT2D eigenvalue weighted by Gasteiger charge is 2.45. The molecule has 18 heavy (non-hydrogen) atoms. The Bertz CT molecular complexity index is 281. The predicted molar refractivity (Wildman–Crippen MR) is 60.1 cm³/mol. The van der Waals surface area contributed by atoms with Gasteiger partial charge < -0.3 is 9.47 Å². The number of thioether (sulfide) groups is 1. The van der Waals surface area contributed by atoms with Crippen LogP contribution in [0.1, 0.15) is 13.3 Å². The molecule has 0 rings (SSSR count). The normalized spacial score (nSPS) is 12.9. The Kier molecular flexibility index (Phi) is 7.81. The van der Waals surface area contributed by atoms with E-state index in [1.54, 1.807) is 6.92 Å². The smallest absolute Gasteiger partial charge is 0.403 e. The van der Waals surface area contributed by atoms with Crippen LogP contribution >= 0.6 is 11.8 Å². The highest BCUT2D eigenvalue weighted by atomic mass is 32.2. The second-order valence-corrected chi connectivity index (χ2v) is 4.38. The van der Waals surface area contributed by atoms with Crippen LogP contribution in [-0.2, 0) is 19.1 Å². The van der Waals surface area contributed by atoms with Crippen LogP contribution in [0.5, 0.6) is 0 Å². The fraction of sp³-hybridized carbons (Fsp3) is 0.800. The van der Waals surface area contributed by atoms with Crippen LogP contribution in [0.4, 0.5) is 13.2 Å². The molecule has 106 valence electrons.